The zero-order chi connectivity index (χ0) is 9.97. The highest BCUT2D eigenvalue weighted by Gasteiger charge is 2.21. The van der Waals surface area contributed by atoms with Crippen LogP contribution in [-0.4, -0.2) is 42.5 Å². The van der Waals surface area contributed by atoms with E-state index in [-0.39, 0.29) is 6.10 Å². The van der Waals surface area contributed by atoms with Gasteiger partial charge in [0.05, 0.1) is 12.7 Å². The third kappa shape index (κ3) is 2.02. The van der Waals surface area contributed by atoms with E-state index in [0.717, 1.165) is 29.8 Å². The fraction of sp³-hybridized carbons (Fsp3) is 0.750. The van der Waals surface area contributed by atoms with Crippen LogP contribution in [0.2, 0.25) is 0 Å². The van der Waals surface area contributed by atoms with Crippen molar-refractivity contribution in [1.82, 2.24) is 10.2 Å². The van der Waals surface area contributed by atoms with Crippen LogP contribution in [0.25, 0.3) is 0 Å². The summed E-state index contributed by atoms with van der Waals surface area (Å²) in [6, 6.07) is 0. The average molecular weight is 214 g/mol. The third-order valence-electron chi connectivity index (χ3n) is 2.19. The Bertz CT molecular complexity index is 303. The fourth-order valence-electron chi connectivity index (χ4n) is 1.45. The summed E-state index contributed by atoms with van der Waals surface area (Å²) < 4.78 is 5.48. The summed E-state index contributed by atoms with van der Waals surface area (Å²) in [6.45, 7) is 4.95. The van der Waals surface area contributed by atoms with E-state index < -0.39 is 0 Å². The Labute approximate surface area is 86.9 Å². The first-order chi connectivity index (χ1) is 6.79. The lowest BCUT2D eigenvalue weighted by molar-refractivity contribution is 0.0465. The minimum Gasteiger partial charge on any atom is -0.373 e. The van der Waals surface area contributed by atoms with Crippen molar-refractivity contribution < 1.29 is 4.74 Å². The second kappa shape index (κ2) is 4.20. The molecule has 1 aromatic rings. The number of hydrogen-bond donors (Lipinski definition) is 1. The Morgan fingerprint density at radius 2 is 2.50 bits per heavy atom. The maximum absolute atomic E-state index is 5.56. The Morgan fingerprint density at radius 1 is 1.64 bits per heavy atom. The van der Waals surface area contributed by atoms with Gasteiger partial charge < -0.3 is 15.4 Å². The van der Waals surface area contributed by atoms with Gasteiger partial charge in [-0.15, -0.1) is 10.2 Å². The first-order valence-corrected chi connectivity index (χ1v) is 5.48. The lowest BCUT2D eigenvalue weighted by atomic mass is 10.3. The second-order valence-electron chi connectivity index (χ2n) is 3.28. The topological polar surface area (TPSA) is 64.3 Å². The van der Waals surface area contributed by atoms with Gasteiger partial charge in [-0.1, -0.05) is 11.3 Å². The van der Waals surface area contributed by atoms with Gasteiger partial charge in [0.1, 0.15) is 5.01 Å². The van der Waals surface area contributed by atoms with E-state index in [0.29, 0.717) is 6.54 Å². The molecule has 0 radical (unpaired) electrons. The summed E-state index contributed by atoms with van der Waals surface area (Å²) in [5, 5.41) is 10.1. The van der Waals surface area contributed by atoms with Crippen molar-refractivity contribution in [3.63, 3.8) is 0 Å². The van der Waals surface area contributed by atoms with Crippen LogP contribution < -0.4 is 10.6 Å². The molecule has 6 heteroatoms. The molecular formula is C8H14N4OS. The molecule has 1 fully saturated rings. The molecule has 0 aliphatic carbocycles. The summed E-state index contributed by atoms with van der Waals surface area (Å²) in [4.78, 5) is 2.19. The van der Waals surface area contributed by atoms with Gasteiger partial charge in [-0.05, 0) is 6.92 Å². The molecule has 0 amide bonds. The number of nitrogens with two attached hydrogens (primary N) is 1. The van der Waals surface area contributed by atoms with Gasteiger partial charge in [0.2, 0.25) is 5.13 Å². The van der Waals surface area contributed by atoms with Crippen molar-refractivity contribution in [2.75, 3.05) is 31.1 Å². The molecule has 1 saturated heterocycles. The van der Waals surface area contributed by atoms with Gasteiger partial charge in [-0.3, -0.25) is 0 Å². The van der Waals surface area contributed by atoms with Crippen molar-refractivity contribution in [2.24, 2.45) is 5.73 Å². The Hall–Kier alpha value is -0.720. The van der Waals surface area contributed by atoms with Gasteiger partial charge in [-0.2, -0.15) is 0 Å². The quantitative estimate of drug-likeness (QED) is 0.751. The number of anilines is 1. The molecule has 1 aromatic heterocycles. The first-order valence-electron chi connectivity index (χ1n) is 4.66. The van der Waals surface area contributed by atoms with Crippen LogP contribution in [0.3, 0.4) is 0 Å². The highest BCUT2D eigenvalue weighted by atomic mass is 32.1. The molecule has 1 aliphatic heterocycles. The standard InChI is InChI=1S/C8H14N4OS/c1-6-10-11-8(14-6)12-2-3-13-7(4-9)5-12/h7H,2-5,9H2,1H3. The molecule has 2 heterocycles. The Morgan fingerprint density at radius 3 is 3.14 bits per heavy atom. The van der Waals surface area contributed by atoms with Gasteiger partial charge >= 0.3 is 0 Å². The molecule has 14 heavy (non-hydrogen) atoms. The lowest BCUT2D eigenvalue weighted by Gasteiger charge is -2.31. The summed E-state index contributed by atoms with van der Waals surface area (Å²) >= 11 is 1.61. The number of ether oxygens (including phenoxy) is 1. The van der Waals surface area contributed by atoms with E-state index in [1.807, 2.05) is 6.92 Å². The second-order valence-corrected chi connectivity index (χ2v) is 4.44. The SMILES string of the molecule is Cc1nnc(N2CCOC(CN)C2)s1. The van der Waals surface area contributed by atoms with Crippen molar-refractivity contribution in [3.8, 4) is 0 Å². The summed E-state index contributed by atoms with van der Waals surface area (Å²) in [7, 11) is 0. The van der Waals surface area contributed by atoms with E-state index >= 15 is 0 Å². The zero-order valence-corrected chi connectivity index (χ0v) is 8.96. The highest BCUT2D eigenvalue weighted by Crippen LogP contribution is 2.21. The zero-order valence-electron chi connectivity index (χ0n) is 8.14. The summed E-state index contributed by atoms with van der Waals surface area (Å²) in [5.74, 6) is 0. The molecule has 0 saturated carbocycles. The predicted octanol–water partition coefficient (Wildman–Crippen LogP) is 0.0104. The number of rotatable bonds is 2. The van der Waals surface area contributed by atoms with Crippen LogP contribution in [0, 0.1) is 6.92 Å². The van der Waals surface area contributed by atoms with Crippen LogP contribution in [-0.2, 0) is 4.74 Å². The summed E-state index contributed by atoms with van der Waals surface area (Å²) in [6.07, 6.45) is 0.132. The van der Waals surface area contributed by atoms with E-state index in [2.05, 4.69) is 15.1 Å². The largest absolute Gasteiger partial charge is 0.373 e. The maximum atomic E-state index is 5.56. The Balaban J connectivity index is 2.04. The van der Waals surface area contributed by atoms with Crippen LogP contribution >= 0.6 is 11.3 Å². The molecule has 78 valence electrons. The van der Waals surface area contributed by atoms with E-state index in [1.54, 1.807) is 11.3 Å². The number of aryl methyl sites for hydroxylation is 1. The Kier molecular flexibility index (Phi) is 2.95. The number of hydrogen-bond acceptors (Lipinski definition) is 6. The van der Waals surface area contributed by atoms with E-state index in [4.69, 9.17) is 10.5 Å². The van der Waals surface area contributed by atoms with Gasteiger partial charge in [-0.25, -0.2) is 0 Å². The fourth-order valence-corrected chi connectivity index (χ4v) is 2.17. The van der Waals surface area contributed by atoms with Crippen LogP contribution in [0.1, 0.15) is 5.01 Å². The highest BCUT2D eigenvalue weighted by molar-refractivity contribution is 7.15. The smallest absolute Gasteiger partial charge is 0.208 e. The predicted molar refractivity (Wildman–Crippen MR) is 55.7 cm³/mol. The molecule has 2 N–H and O–H groups in total. The average Bonchev–Trinajstić information content (AvgIpc) is 2.65. The minimum absolute atomic E-state index is 0.132. The molecular weight excluding hydrogens is 200 g/mol. The molecule has 5 nitrogen and oxygen atoms in total. The minimum atomic E-state index is 0.132. The van der Waals surface area contributed by atoms with Crippen molar-refractivity contribution in [1.29, 1.82) is 0 Å². The molecule has 0 bridgehead atoms. The van der Waals surface area contributed by atoms with Crippen LogP contribution in [0.5, 0.6) is 0 Å². The number of morpholine rings is 1. The van der Waals surface area contributed by atoms with Gasteiger partial charge in [0, 0.05) is 19.6 Å². The van der Waals surface area contributed by atoms with Crippen molar-refractivity contribution in [2.45, 2.75) is 13.0 Å². The van der Waals surface area contributed by atoms with Crippen molar-refractivity contribution >= 4 is 16.5 Å². The normalized spacial score (nSPS) is 22.7. The molecule has 1 atom stereocenters. The number of aromatic nitrogens is 2. The van der Waals surface area contributed by atoms with E-state index in [9.17, 15) is 0 Å². The molecule has 0 spiro atoms. The molecule has 0 aromatic carbocycles. The van der Waals surface area contributed by atoms with Crippen LogP contribution in [0.15, 0.2) is 0 Å². The lowest BCUT2D eigenvalue weighted by Crippen LogP contribution is -2.45. The summed E-state index contributed by atoms with van der Waals surface area (Å²) in [5.41, 5.74) is 5.56. The van der Waals surface area contributed by atoms with Crippen molar-refractivity contribution in [3.05, 3.63) is 5.01 Å². The monoisotopic (exact) mass is 214 g/mol. The molecule has 1 aliphatic rings. The van der Waals surface area contributed by atoms with Gasteiger partial charge in [0.15, 0.2) is 0 Å². The van der Waals surface area contributed by atoms with E-state index in [1.165, 1.54) is 0 Å². The maximum Gasteiger partial charge on any atom is 0.208 e. The third-order valence-corrected chi connectivity index (χ3v) is 3.09. The molecule has 1 unspecified atom stereocenters. The molecule has 2 rings (SSSR count). The van der Waals surface area contributed by atoms with Gasteiger partial charge in [0.25, 0.3) is 0 Å². The first kappa shape index (κ1) is 9.82. The van der Waals surface area contributed by atoms with Crippen LogP contribution in [0.4, 0.5) is 5.13 Å². The number of nitrogens with zero attached hydrogens (tertiary/aromatic N) is 3.